The van der Waals surface area contributed by atoms with Gasteiger partial charge in [0.1, 0.15) is 6.54 Å². The lowest BCUT2D eigenvalue weighted by molar-refractivity contribution is -0.130. The molecule has 0 unspecified atom stereocenters. The molecule has 0 spiro atoms. The van der Waals surface area contributed by atoms with Crippen LogP contribution >= 0.6 is 11.6 Å². The van der Waals surface area contributed by atoms with Crippen LogP contribution in [-0.2, 0) is 4.79 Å². The summed E-state index contributed by atoms with van der Waals surface area (Å²) in [5.41, 5.74) is 3.33. The SMILES string of the molecule is C=C(Cl)C(=O)NNCC(F)(F)F. The van der Waals surface area contributed by atoms with Crippen LogP contribution in [0.25, 0.3) is 0 Å². The number of amides is 1. The number of carbonyl (C=O) groups is 1. The van der Waals surface area contributed by atoms with Gasteiger partial charge in [-0.2, -0.15) is 13.2 Å². The molecular weight excluding hydrogens is 197 g/mol. The van der Waals surface area contributed by atoms with Gasteiger partial charge in [0.05, 0.1) is 5.03 Å². The van der Waals surface area contributed by atoms with Crippen molar-refractivity contribution < 1.29 is 18.0 Å². The van der Waals surface area contributed by atoms with Crippen LogP contribution in [0, 0.1) is 0 Å². The second kappa shape index (κ2) is 4.32. The van der Waals surface area contributed by atoms with Crippen molar-refractivity contribution in [3.05, 3.63) is 11.6 Å². The molecule has 0 saturated carbocycles. The first kappa shape index (κ1) is 11.2. The molecule has 1 amide bonds. The topological polar surface area (TPSA) is 41.1 Å². The Balaban J connectivity index is 3.58. The molecule has 12 heavy (non-hydrogen) atoms. The van der Waals surface area contributed by atoms with Gasteiger partial charge in [-0.3, -0.25) is 10.2 Å². The standard InChI is InChI=1S/C5H6ClF3N2O/c1-3(6)4(12)11-10-2-5(7,8)9/h10H,1-2H2,(H,11,12). The number of alkyl halides is 3. The molecule has 7 heteroatoms. The Kier molecular flexibility index (Phi) is 4.05. The van der Waals surface area contributed by atoms with Gasteiger partial charge in [0.25, 0.3) is 5.91 Å². The highest BCUT2D eigenvalue weighted by Crippen LogP contribution is 2.11. The molecule has 2 N–H and O–H groups in total. The molecule has 0 atom stereocenters. The monoisotopic (exact) mass is 202 g/mol. The van der Waals surface area contributed by atoms with Gasteiger partial charge in [0.2, 0.25) is 0 Å². The molecule has 0 rings (SSSR count). The van der Waals surface area contributed by atoms with Crippen LogP contribution in [0.3, 0.4) is 0 Å². The Morgan fingerprint density at radius 2 is 2.00 bits per heavy atom. The smallest absolute Gasteiger partial charge is 0.286 e. The third-order valence-electron chi connectivity index (χ3n) is 0.737. The molecule has 0 saturated heterocycles. The normalized spacial score (nSPS) is 11.0. The van der Waals surface area contributed by atoms with E-state index in [9.17, 15) is 18.0 Å². The molecule has 0 radical (unpaired) electrons. The summed E-state index contributed by atoms with van der Waals surface area (Å²) in [6, 6.07) is 0. The fourth-order valence-corrected chi connectivity index (χ4v) is 0.340. The zero-order valence-corrected chi connectivity index (χ0v) is 6.59. The quantitative estimate of drug-likeness (QED) is 0.528. The maximum absolute atomic E-state index is 11.4. The van der Waals surface area contributed by atoms with E-state index < -0.39 is 18.6 Å². The Hall–Kier alpha value is -0.750. The van der Waals surface area contributed by atoms with Crippen LogP contribution < -0.4 is 10.9 Å². The van der Waals surface area contributed by atoms with Crippen molar-refractivity contribution in [2.45, 2.75) is 6.18 Å². The minimum atomic E-state index is -4.37. The molecule has 0 aliphatic carbocycles. The van der Waals surface area contributed by atoms with E-state index in [-0.39, 0.29) is 5.03 Å². The van der Waals surface area contributed by atoms with Gasteiger partial charge in [-0.1, -0.05) is 18.2 Å². The van der Waals surface area contributed by atoms with Gasteiger partial charge < -0.3 is 0 Å². The molecule has 0 aromatic heterocycles. The van der Waals surface area contributed by atoms with E-state index >= 15 is 0 Å². The summed E-state index contributed by atoms with van der Waals surface area (Å²) in [7, 11) is 0. The van der Waals surface area contributed by atoms with Crippen molar-refractivity contribution in [3.8, 4) is 0 Å². The van der Waals surface area contributed by atoms with Gasteiger partial charge >= 0.3 is 6.18 Å². The summed E-state index contributed by atoms with van der Waals surface area (Å²) in [5, 5.41) is -0.385. The maximum Gasteiger partial charge on any atom is 0.402 e. The first-order chi connectivity index (χ1) is 5.33. The minimum absolute atomic E-state index is 0.385. The van der Waals surface area contributed by atoms with Crippen molar-refractivity contribution in [2.24, 2.45) is 0 Å². The number of nitrogens with one attached hydrogen (secondary N) is 2. The fourth-order valence-electron chi connectivity index (χ4n) is 0.293. The van der Waals surface area contributed by atoms with Crippen LogP contribution in [0.1, 0.15) is 0 Å². The van der Waals surface area contributed by atoms with Crippen LogP contribution in [0.2, 0.25) is 0 Å². The molecule has 0 bridgehead atoms. The van der Waals surface area contributed by atoms with Crippen molar-refractivity contribution in [1.29, 1.82) is 0 Å². The third kappa shape index (κ3) is 5.99. The Morgan fingerprint density at radius 1 is 1.50 bits per heavy atom. The number of hydrazine groups is 1. The van der Waals surface area contributed by atoms with Crippen LogP contribution in [0.15, 0.2) is 11.6 Å². The van der Waals surface area contributed by atoms with E-state index in [1.54, 1.807) is 10.9 Å². The van der Waals surface area contributed by atoms with Crippen molar-refractivity contribution >= 4 is 17.5 Å². The van der Waals surface area contributed by atoms with E-state index in [0.29, 0.717) is 0 Å². The summed E-state index contributed by atoms with van der Waals surface area (Å²) in [6.45, 7) is 1.69. The second-order valence-corrected chi connectivity index (χ2v) is 2.28. The Labute approximate surface area is 71.5 Å². The zero-order valence-electron chi connectivity index (χ0n) is 5.83. The van der Waals surface area contributed by atoms with E-state index in [4.69, 9.17) is 11.6 Å². The highest BCUT2D eigenvalue weighted by atomic mass is 35.5. The lowest BCUT2D eigenvalue weighted by Crippen LogP contribution is -2.42. The first-order valence-electron chi connectivity index (χ1n) is 2.77. The minimum Gasteiger partial charge on any atom is -0.286 e. The second-order valence-electron chi connectivity index (χ2n) is 1.83. The molecular formula is C5H6ClF3N2O. The number of carbonyl (C=O) groups excluding carboxylic acids is 1. The molecule has 0 aliphatic rings. The largest absolute Gasteiger partial charge is 0.402 e. The number of halogens is 4. The highest BCUT2D eigenvalue weighted by Gasteiger charge is 2.26. The fraction of sp³-hybridized carbons (Fsp3) is 0.400. The number of hydrogen-bond donors (Lipinski definition) is 2. The van der Waals surface area contributed by atoms with Gasteiger partial charge in [-0.15, -0.1) is 0 Å². The lowest BCUT2D eigenvalue weighted by Gasteiger charge is -2.08. The van der Waals surface area contributed by atoms with Gasteiger partial charge in [-0.05, 0) is 0 Å². The third-order valence-corrected chi connectivity index (χ3v) is 0.909. The summed E-state index contributed by atoms with van der Waals surface area (Å²) in [6.07, 6.45) is -4.37. The van der Waals surface area contributed by atoms with Crippen LogP contribution in [0.5, 0.6) is 0 Å². The molecule has 0 fully saturated rings. The average Bonchev–Trinajstić information content (AvgIpc) is 1.84. The van der Waals surface area contributed by atoms with Gasteiger partial charge in [-0.25, -0.2) is 5.43 Å². The molecule has 70 valence electrons. The van der Waals surface area contributed by atoms with E-state index in [1.165, 1.54) is 0 Å². The molecule has 0 aromatic rings. The van der Waals surface area contributed by atoms with Crippen LogP contribution in [0.4, 0.5) is 13.2 Å². The molecule has 3 nitrogen and oxygen atoms in total. The van der Waals surface area contributed by atoms with Crippen molar-refractivity contribution in [3.63, 3.8) is 0 Å². The van der Waals surface area contributed by atoms with Crippen molar-refractivity contribution in [1.82, 2.24) is 10.9 Å². The molecule has 0 heterocycles. The number of hydrogen-bond acceptors (Lipinski definition) is 2. The van der Waals surface area contributed by atoms with E-state index in [0.717, 1.165) is 0 Å². The predicted molar refractivity (Wildman–Crippen MR) is 37.2 cm³/mol. The average molecular weight is 203 g/mol. The van der Waals surface area contributed by atoms with Crippen molar-refractivity contribution in [2.75, 3.05) is 6.54 Å². The summed E-state index contributed by atoms with van der Waals surface area (Å²) in [5.74, 6) is -0.888. The maximum atomic E-state index is 11.4. The van der Waals surface area contributed by atoms with Gasteiger partial charge in [0, 0.05) is 0 Å². The molecule has 0 aromatic carbocycles. The molecule has 0 aliphatic heterocycles. The summed E-state index contributed by atoms with van der Waals surface area (Å²) < 4.78 is 34.3. The number of rotatable bonds is 3. The Bertz CT molecular complexity index is 192. The van der Waals surface area contributed by atoms with Crippen LogP contribution in [-0.4, -0.2) is 18.6 Å². The highest BCUT2D eigenvalue weighted by molar-refractivity contribution is 6.41. The summed E-state index contributed by atoms with van der Waals surface area (Å²) >= 11 is 5.05. The lowest BCUT2D eigenvalue weighted by atomic mass is 10.6. The van der Waals surface area contributed by atoms with E-state index in [1.807, 2.05) is 0 Å². The first-order valence-corrected chi connectivity index (χ1v) is 3.15. The Morgan fingerprint density at radius 3 is 2.33 bits per heavy atom. The van der Waals surface area contributed by atoms with E-state index in [2.05, 4.69) is 6.58 Å². The summed E-state index contributed by atoms with van der Waals surface area (Å²) in [4.78, 5) is 10.5. The zero-order chi connectivity index (χ0) is 9.78. The predicted octanol–water partition coefficient (Wildman–Crippen LogP) is 0.922. The van der Waals surface area contributed by atoms with Gasteiger partial charge in [0.15, 0.2) is 0 Å².